The van der Waals surface area contributed by atoms with E-state index >= 15 is 0 Å². The summed E-state index contributed by atoms with van der Waals surface area (Å²) in [4.78, 5) is 16.4. The molecular formula is C22H30N5O8P. The summed E-state index contributed by atoms with van der Waals surface area (Å²) >= 11 is 0. The van der Waals surface area contributed by atoms with E-state index in [-0.39, 0.29) is 24.0 Å². The summed E-state index contributed by atoms with van der Waals surface area (Å²) in [5, 5.41) is 25.3. The fourth-order valence-corrected chi connectivity index (χ4v) is 6.06. The number of phosphoric acid groups is 1. The van der Waals surface area contributed by atoms with Gasteiger partial charge in [-0.3, -0.25) is 13.8 Å². The minimum Gasteiger partial charge on any atom is -0.435 e. The zero-order valence-corrected chi connectivity index (χ0v) is 21.2. The Morgan fingerprint density at radius 2 is 2.14 bits per heavy atom. The van der Waals surface area contributed by atoms with Gasteiger partial charge in [-0.25, -0.2) is 18.6 Å². The van der Waals surface area contributed by atoms with Crippen LogP contribution >= 0.6 is 7.82 Å². The van der Waals surface area contributed by atoms with Gasteiger partial charge in [-0.2, -0.15) is 10.4 Å². The number of rotatable bonds is 9. The highest BCUT2D eigenvalue weighted by Gasteiger charge is 2.62. The van der Waals surface area contributed by atoms with Crippen molar-refractivity contribution in [3.05, 3.63) is 24.2 Å². The van der Waals surface area contributed by atoms with E-state index in [1.165, 1.54) is 23.8 Å². The molecule has 4 rings (SSSR count). The van der Waals surface area contributed by atoms with Gasteiger partial charge in [0.05, 0.1) is 18.2 Å². The van der Waals surface area contributed by atoms with Crippen LogP contribution < -0.4 is 5.73 Å². The van der Waals surface area contributed by atoms with E-state index in [0.29, 0.717) is 18.4 Å². The van der Waals surface area contributed by atoms with Crippen molar-refractivity contribution in [2.45, 2.75) is 76.7 Å². The van der Waals surface area contributed by atoms with Crippen molar-refractivity contribution in [3.63, 3.8) is 0 Å². The molecule has 2 aliphatic heterocycles. The normalized spacial score (nSPS) is 30.7. The number of nitriles is 1. The van der Waals surface area contributed by atoms with Gasteiger partial charge in [0, 0.05) is 0 Å². The van der Waals surface area contributed by atoms with Crippen LogP contribution in [0.3, 0.4) is 0 Å². The third kappa shape index (κ3) is 4.72. The van der Waals surface area contributed by atoms with Crippen LogP contribution in [0.1, 0.15) is 52.1 Å². The molecule has 13 nitrogen and oxygen atoms in total. The number of hydrogen-bond acceptors (Lipinski definition) is 12. The lowest BCUT2D eigenvalue weighted by molar-refractivity contribution is -0.171. The van der Waals surface area contributed by atoms with E-state index in [1.807, 2.05) is 19.9 Å². The van der Waals surface area contributed by atoms with Crippen LogP contribution in [0.25, 0.3) is 5.52 Å². The SMILES string of the molecule is CCCC(CCC)C(=O)OC(C)O[P@]1(=O)OC[C@H]2O[C@@](C#N)(c3ccc4c(N)ncnn34)[C@H](O)[C@@H]2O1. The molecule has 0 saturated carbocycles. The standard InChI is InChI=1S/C22H30N5O8P/c1-4-6-14(7-5-2)21(29)32-13(3)34-36(30)31-10-16-18(35-36)19(28)22(11-23,33-16)17-9-8-15-20(24)25-12-26-27(15)17/h8-9,12-14,16,18-19,28H,4-7,10H2,1-3H3,(H2,24,25,26)/t13?,16-,18-,19-,22+,36+/m1/s1. The predicted molar refractivity (Wildman–Crippen MR) is 124 cm³/mol. The number of fused-ring (bicyclic) bond motifs is 2. The van der Waals surface area contributed by atoms with Crippen LogP contribution in [0, 0.1) is 17.2 Å². The molecule has 4 heterocycles. The quantitative estimate of drug-likeness (QED) is 0.279. The summed E-state index contributed by atoms with van der Waals surface area (Å²) in [5.74, 6) is -0.572. The molecule has 2 saturated heterocycles. The number of hydrogen-bond donors (Lipinski definition) is 2. The van der Waals surface area contributed by atoms with Crippen molar-refractivity contribution in [3.8, 4) is 6.07 Å². The number of carbonyl (C=O) groups excluding carboxylic acids is 1. The Labute approximate surface area is 208 Å². The molecule has 196 valence electrons. The van der Waals surface area contributed by atoms with E-state index in [2.05, 4.69) is 10.1 Å². The van der Waals surface area contributed by atoms with Crippen LogP contribution in [-0.4, -0.2) is 56.9 Å². The summed E-state index contributed by atoms with van der Waals surface area (Å²) in [5.41, 5.74) is 4.56. The van der Waals surface area contributed by atoms with Gasteiger partial charge < -0.3 is 20.3 Å². The van der Waals surface area contributed by atoms with Gasteiger partial charge in [0.15, 0.2) is 5.82 Å². The number of carbonyl (C=O) groups is 1. The van der Waals surface area contributed by atoms with Gasteiger partial charge >= 0.3 is 13.8 Å². The van der Waals surface area contributed by atoms with Gasteiger partial charge in [-0.05, 0) is 31.9 Å². The second-order valence-electron chi connectivity index (χ2n) is 8.81. The first kappa shape index (κ1) is 26.5. The number of nitrogens with zero attached hydrogens (tertiary/aromatic N) is 4. The second-order valence-corrected chi connectivity index (χ2v) is 10.4. The number of esters is 1. The minimum absolute atomic E-state index is 0.176. The number of aliphatic hydroxyl groups excluding tert-OH is 1. The Kier molecular flexibility index (Phi) is 7.66. The molecule has 0 bridgehead atoms. The topological polar surface area (TPSA) is 181 Å². The van der Waals surface area contributed by atoms with Gasteiger partial charge in [-0.15, -0.1) is 0 Å². The summed E-state index contributed by atoms with van der Waals surface area (Å²) in [6.07, 6.45) is -0.813. The Bertz CT molecular complexity index is 1190. The van der Waals surface area contributed by atoms with Crippen molar-refractivity contribution in [1.29, 1.82) is 5.26 Å². The molecule has 1 unspecified atom stereocenters. The summed E-state index contributed by atoms with van der Waals surface area (Å²) in [7, 11) is -4.27. The molecule has 36 heavy (non-hydrogen) atoms. The number of nitrogens with two attached hydrogens (primary N) is 1. The maximum absolute atomic E-state index is 13.2. The fraction of sp³-hybridized carbons (Fsp3) is 0.636. The summed E-state index contributed by atoms with van der Waals surface area (Å²) in [6.45, 7) is 5.06. The molecule has 2 aromatic heterocycles. The smallest absolute Gasteiger partial charge is 0.435 e. The molecule has 14 heteroatoms. The largest absolute Gasteiger partial charge is 0.478 e. The van der Waals surface area contributed by atoms with E-state index in [1.54, 1.807) is 6.07 Å². The molecule has 0 amide bonds. The number of anilines is 1. The molecule has 2 fully saturated rings. The maximum atomic E-state index is 13.2. The van der Waals surface area contributed by atoms with Crippen molar-refractivity contribution in [1.82, 2.24) is 14.6 Å². The molecule has 2 aliphatic rings. The van der Waals surface area contributed by atoms with Crippen molar-refractivity contribution in [2.24, 2.45) is 5.92 Å². The van der Waals surface area contributed by atoms with E-state index in [4.69, 9.17) is 28.8 Å². The first-order valence-electron chi connectivity index (χ1n) is 11.9. The average molecular weight is 523 g/mol. The lowest BCUT2D eigenvalue weighted by atomic mass is 9.92. The van der Waals surface area contributed by atoms with Gasteiger partial charge in [0.25, 0.3) is 0 Å². The first-order valence-corrected chi connectivity index (χ1v) is 13.3. The molecule has 0 aromatic carbocycles. The summed E-state index contributed by atoms with van der Waals surface area (Å²) in [6, 6.07) is 5.12. The molecule has 6 atom stereocenters. The second kappa shape index (κ2) is 10.4. The highest BCUT2D eigenvalue weighted by molar-refractivity contribution is 7.48. The third-order valence-electron chi connectivity index (χ3n) is 6.27. The number of aromatic nitrogens is 3. The molecule has 3 N–H and O–H groups in total. The third-order valence-corrected chi connectivity index (χ3v) is 7.80. The van der Waals surface area contributed by atoms with Crippen LogP contribution in [0.2, 0.25) is 0 Å². The monoisotopic (exact) mass is 523 g/mol. The minimum atomic E-state index is -4.27. The highest BCUT2D eigenvalue weighted by atomic mass is 31.2. The molecule has 0 aliphatic carbocycles. The van der Waals surface area contributed by atoms with E-state index < -0.39 is 44.0 Å². The van der Waals surface area contributed by atoms with Crippen molar-refractivity contribution in [2.75, 3.05) is 12.3 Å². The Morgan fingerprint density at radius 3 is 2.81 bits per heavy atom. The zero-order valence-electron chi connectivity index (χ0n) is 20.3. The lowest BCUT2D eigenvalue weighted by Crippen LogP contribution is -2.43. The lowest BCUT2D eigenvalue weighted by Gasteiger charge is -2.32. The Balaban J connectivity index is 1.50. The number of ether oxygens (including phenoxy) is 2. The van der Waals surface area contributed by atoms with Crippen molar-refractivity contribution >= 4 is 25.1 Å². The Morgan fingerprint density at radius 1 is 1.42 bits per heavy atom. The van der Waals surface area contributed by atoms with Crippen LogP contribution in [-0.2, 0) is 38.0 Å². The average Bonchev–Trinajstić information content (AvgIpc) is 3.39. The highest BCUT2D eigenvalue weighted by Crippen LogP contribution is 2.58. The van der Waals surface area contributed by atoms with Gasteiger partial charge in [0.1, 0.15) is 36.2 Å². The maximum Gasteiger partial charge on any atom is 0.478 e. The predicted octanol–water partition coefficient (Wildman–Crippen LogP) is 2.44. The van der Waals surface area contributed by atoms with Gasteiger partial charge in [-0.1, -0.05) is 26.7 Å². The molecule has 0 spiro atoms. The van der Waals surface area contributed by atoms with Crippen LogP contribution in [0.15, 0.2) is 18.5 Å². The molecule has 2 aromatic rings. The summed E-state index contributed by atoms with van der Waals surface area (Å²) < 4.78 is 42.0. The van der Waals surface area contributed by atoms with Crippen LogP contribution in [0.5, 0.6) is 0 Å². The van der Waals surface area contributed by atoms with Crippen LogP contribution in [0.4, 0.5) is 5.82 Å². The molecule has 0 radical (unpaired) electrons. The molecular weight excluding hydrogens is 493 g/mol. The zero-order chi connectivity index (χ0) is 26.1. The number of phosphoric ester groups is 1. The van der Waals surface area contributed by atoms with Gasteiger partial charge in [0.2, 0.25) is 11.9 Å². The first-order chi connectivity index (χ1) is 17.2. The van der Waals surface area contributed by atoms with Crippen molar-refractivity contribution < 1.29 is 37.5 Å². The Hall–Kier alpha value is -2.59. The number of nitrogen functional groups attached to an aromatic ring is 1. The fourth-order valence-electron chi connectivity index (χ4n) is 4.60. The number of aliphatic hydroxyl groups is 1. The van der Waals surface area contributed by atoms with E-state index in [0.717, 1.165) is 12.8 Å². The van der Waals surface area contributed by atoms with E-state index in [9.17, 15) is 19.7 Å².